The van der Waals surface area contributed by atoms with E-state index in [1.165, 1.54) is 25.9 Å². The molecule has 0 unspecified atom stereocenters. The number of fused-ring (bicyclic) bond motifs is 4. The van der Waals surface area contributed by atoms with Crippen molar-refractivity contribution < 1.29 is 4.79 Å². The van der Waals surface area contributed by atoms with Gasteiger partial charge in [0.1, 0.15) is 0 Å². The number of nitrogens with zero attached hydrogens (tertiary/aromatic N) is 2. The van der Waals surface area contributed by atoms with E-state index < -0.39 is 0 Å². The molecule has 4 nitrogen and oxygen atoms in total. The minimum Gasteiger partial charge on any atom is -0.348 e. The van der Waals surface area contributed by atoms with E-state index in [0.717, 1.165) is 17.3 Å². The number of piperidine rings is 3. The Labute approximate surface area is 135 Å². The van der Waals surface area contributed by atoms with E-state index in [-0.39, 0.29) is 11.9 Å². The first-order valence-corrected chi connectivity index (χ1v) is 8.21. The Balaban J connectivity index is 1.57. The van der Waals surface area contributed by atoms with Crippen molar-refractivity contribution in [3.05, 3.63) is 47.5 Å². The normalized spacial score (nSPS) is 26.0. The second-order valence-corrected chi connectivity index (χ2v) is 6.57. The first-order valence-electron chi connectivity index (χ1n) is 8.21. The van der Waals surface area contributed by atoms with Crippen LogP contribution in [0.3, 0.4) is 0 Å². The predicted molar refractivity (Wildman–Crippen MR) is 89.1 cm³/mol. The number of nitriles is 1. The smallest absolute Gasteiger partial charge is 0.251 e. The van der Waals surface area contributed by atoms with Crippen LogP contribution in [-0.4, -0.2) is 36.5 Å². The standard InChI is InChI=1S/C19H19N3O/c20-11-16-3-1-2-14-10-15(4-5-17(14)16)19(23)21-18-12-22-8-6-13(18)7-9-22/h1-5,10,13,18H,6-9,12H2,(H,21,23)/t18-/m0/s1. The Kier molecular flexibility index (Phi) is 3.51. The fourth-order valence-electron chi connectivity index (χ4n) is 3.90. The van der Waals surface area contributed by atoms with Crippen LogP contribution >= 0.6 is 0 Å². The van der Waals surface area contributed by atoms with Gasteiger partial charge in [-0.2, -0.15) is 5.26 Å². The molecule has 3 aliphatic rings. The van der Waals surface area contributed by atoms with Crippen LogP contribution in [0.15, 0.2) is 36.4 Å². The summed E-state index contributed by atoms with van der Waals surface area (Å²) in [6, 6.07) is 13.6. The molecule has 116 valence electrons. The molecule has 0 spiro atoms. The van der Waals surface area contributed by atoms with E-state index in [4.69, 9.17) is 5.26 Å². The van der Waals surface area contributed by atoms with Gasteiger partial charge in [0, 0.05) is 18.2 Å². The van der Waals surface area contributed by atoms with Gasteiger partial charge in [0.2, 0.25) is 0 Å². The Morgan fingerprint density at radius 2 is 2.04 bits per heavy atom. The SMILES string of the molecule is N#Cc1cccc2cc(C(=O)N[C@H]3CN4CCC3CC4)ccc12. The van der Waals surface area contributed by atoms with E-state index >= 15 is 0 Å². The number of carbonyl (C=O) groups excluding carboxylic acids is 1. The molecule has 2 aromatic carbocycles. The third-order valence-electron chi connectivity index (χ3n) is 5.24. The molecule has 2 bridgehead atoms. The zero-order valence-electron chi connectivity index (χ0n) is 13.0. The second-order valence-electron chi connectivity index (χ2n) is 6.57. The highest BCUT2D eigenvalue weighted by atomic mass is 16.1. The van der Waals surface area contributed by atoms with Gasteiger partial charge in [-0.05, 0) is 60.8 Å². The molecule has 3 fully saturated rings. The molecule has 3 aliphatic heterocycles. The first-order chi connectivity index (χ1) is 11.2. The number of hydrogen-bond acceptors (Lipinski definition) is 3. The summed E-state index contributed by atoms with van der Waals surface area (Å²) in [7, 11) is 0. The van der Waals surface area contributed by atoms with Crippen LogP contribution in [0.5, 0.6) is 0 Å². The van der Waals surface area contributed by atoms with Crippen LogP contribution < -0.4 is 5.32 Å². The van der Waals surface area contributed by atoms with Crippen LogP contribution in [0.1, 0.15) is 28.8 Å². The Bertz CT molecular complexity index is 800. The lowest BCUT2D eigenvalue weighted by atomic mass is 9.84. The Hall–Kier alpha value is -2.38. The largest absolute Gasteiger partial charge is 0.348 e. The number of rotatable bonds is 2. The summed E-state index contributed by atoms with van der Waals surface area (Å²) in [5, 5.41) is 14.2. The third kappa shape index (κ3) is 2.58. The van der Waals surface area contributed by atoms with Crippen LogP contribution in [0.25, 0.3) is 10.8 Å². The van der Waals surface area contributed by atoms with Crippen LogP contribution in [0, 0.1) is 17.2 Å². The topological polar surface area (TPSA) is 56.1 Å². The molecule has 2 aromatic rings. The number of amides is 1. The lowest BCUT2D eigenvalue weighted by Gasteiger charge is -2.44. The summed E-state index contributed by atoms with van der Waals surface area (Å²) in [6.45, 7) is 3.32. The molecule has 1 N–H and O–H groups in total. The molecule has 1 amide bonds. The van der Waals surface area contributed by atoms with Gasteiger partial charge in [-0.1, -0.05) is 18.2 Å². The highest BCUT2D eigenvalue weighted by molar-refractivity contribution is 5.99. The maximum absolute atomic E-state index is 12.6. The molecule has 5 rings (SSSR count). The van der Waals surface area contributed by atoms with E-state index in [2.05, 4.69) is 16.3 Å². The van der Waals surface area contributed by atoms with Crippen molar-refractivity contribution in [1.82, 2.24) is 10.2 Å². The number of hydrogen-bond donors (Lipinski definition) is 1. The van der Waals surface area contributed by atoms with Gasteiger partial charge in [-0.25, -0.2) is 0 Å². The zero-order valence-corrected chi connectivity index (χ0v) is 13.0. The van der Waals surface area contributed by atoms with Gasteiger partial charge < -0.3 is 10.2 Å². The summed E-state index contributed by atoms with van der Waals surface area (Å²) in [6.07, 6.45) is 2.38. The molecule has 1 atom stereocenters. The minimum absolute atomic E-state index is 0.00647. The van der Waals surface area contributed by atoms with Crippen molar-refractivity contribution in [2.75, 3.05) is 19.6 Å². The molecule has 23 heavy (non-hydrogen) atoms. The molecule has 0 aromatic heterocycles. The Morgan fingerprint density at radius 3 is 2.74 bits per heavy atom. The fourth-order valence-corrected chi connectivity index (χ4v) is 3.90. The lowest BCUT2D eigenvalue weighted by Crippen LogP contribution is -2.57. The number of benzene rings is 2. The van der Waals surface area contributed by atoms with Crippen LogP contribution in [0.2, 0.25) is 0 Å². The molecule has 4 heteroatoms. The molecule has 3 heterocycles. The van der Waals surface area contributed by atoms with Gasteiger partial charge in [0.25, 0.3) is 5.91 Å². The van der Waals surface area contributed by atoms with Crippen molar-refractivity contribution >= 4 is 16.7 Å². The first kappa shape index (κ1) is 14.2. The zero-order chi connectivity index (χ0) is 15.8. The van der Waals surface area contributed by atoms with Gasteiger partial charge in [-0.3, -0.25) is 4.79 Å². The number of carbonyl (C=O) groups is 1. The molecule has 0 radical (unpaired) electrons. The molecule has 0 saturated carbocycles. The molecular weight excluding hydrogens is 286 g/mol. The predicted octanol–water partition coefficient (Wildman–Crippen LogP) is 2.54. The summed E-state index contributed by atoms with van der Waals surface area (Å²) < 4.78 is 0. The highest BCUT2D eigenvalue weighted by Gasteiger charge is 2.34. The summed E-state index contributed by atoms with van der Waals surface area (Å²) in [4.78, 5) is 15.0. The lowest BCUT2D eigenvalue weighted by molar-refractivity contribution is 0.0620. The third-order valence-corrected chi connectivity index (χ3v) is 5.24. The summed E-state index contributed by atoms with van der Waals surface area (Å²) in [5.74, 6) is 0.614. The van der Waals surface area contributed by atoms with Crippen molar-refractivity contribution in [3.8, 4) is 6.07 Å². The van der Waals surface area contributed by atoms with Crippen LogP contribution in [0.4, 0.5) is 0 Å². The number of nitrogens with one attached hydrogen (secondary N) is 1. The van der Waals surface area contributed by atoms with Crippen molar-refractivity contribution in [2.24, 2.45) is 5.92 Å². The van der Waals surface area contributed by atoms with Gasteiger partial charge in [0.15, 0.2) is 0 Å². The van der Waals surface area contributed by atoms with Gasteiger partial charge in [0.05, 0.1) is 11.6 Å². The maximum atomic E-state index is 12.6. The molecule has 3 saturated heterocycles. The van der Waals surface area contributed by atoms with Crippen molar-refractivity contribution in [3.63, 3.8) is 0 Å². The minimum atomic E-state index is -0.00647. The summed E-state index contributed by atoms with van der Waals surface area (Å²) in [5.41, 5.74) is 1.32. The summed E-state index contributed by atoms with van der Waals surface area (Å²) >= 11 is 0. The van der Waals surface area contributed by atoms with Gasteiger partial charge >= 0.3 is 0 Å². The highest BCUT2D eigenvalue weighted by Crippen LogP contribution is 2.28. The quantitative estimate of drug-likeness (QED) is 0.927. The average Bonchev–Trinajstić information content (AvgIpc) is 2.61. The maximum Gasteiger partial charge on any atom is 0.251 e. The van der Waals surface area contributed by atoms with Crippen molar-refractivity contribution in [1.29, 1.82) is 5.26 Å². The van der Waals surface area contributed by atoms with Crippen LogP contribution in [-0.2, 0) is 0 Å². The monoisotopic (exact) mass is 305 g/mol. The Morgan fingerprint density at radius 1 is 1.22 bits per heavy atom. The second kappa shape index (κ2) is 5.68. The van der Waals surface area contributed by atoms with E-state index in [1.54, 1.807) is 6.07 Å². The van der Waals surface area contributed by atoms with Gasteiger partial charge in [-0.15, -0.1) is 0 Å². The fraction of sp³-hybridized carbons (Fsp3) is 0.368. The van der Waals surface area contributed by atoms with E-state index in [0.29, 0.717) is 17.0 Å². The van der Waals surface area contributed by atoms with Crippen molar-refractivity contribution in [2.45, 2.75) is 18.9 Å². The van der Waals surface area contributed by atoms with E-state index in [9.17, 15) is 4.79 Å². The average molecular weight is 305 g/mol. The van der Waals surface area contributed by atoms with E-state index in [1.807, 2.05) is 30.3 Å². The molecular formula is C19H19N3O. The molecule has 0 aliphatic carbocycles.